The van der Waals surface area contributed by atoms with Gasteiger partial charge in [-0.3, -0.25) is 9.59 Å². The highest BCUT2D eigenvalue weighted by Crippen LogP contribution is 2.52. The number of aromatic nitrogens is 1. The molecule has 2 amide bonds. The first-order chi connectivity index (χ1) is 15.1. The van der Waals surface area contributed by atoms with Crippen molar-refractivity contribution in [2.45, 2.75) is 13.0 Å². The van der Waals surface area contributed by atoms with Crippen LogP contribution in [-0.2, 0) is 16.1 Å². The summed E-state index contributed by atoms with van der Waals surface area (Å²) in [5, 5.41) is 6.39. The molecule has 1 aliphatic heterocycles. The summed E-state index contributed by atoms with van der Waals surface area (Å²) in [6.45, 7) is 0.579. The van der Waals surface area contributed by atoms with Gasteiger partial charge in [0, 0.05) is 29.2 Å². The van der Waals surface area contributed by atoms with Crippen molar-refractivity contribution in [1.29, 1.82) is 0 Å². The SMILES string of the molecule is O=C1[C@@H]2[C@@H](C(=O)N1/N=C\c1cn(Cc3ccc(F)cc3)c3ccccc13)[C@H]1C=C[C@@H]2C1. The first-order valence-electron chi connectivity index (χ1n) is 10.5. The number of allylic oxidation sites excluding steroid dienone is 2. The van der Waals surface area contributed by atoms with Gasteiger partial charge in [-0.25, -0.2) is 4.39 Å². The molecule has 2 bridgehead atoms. The molecule has 1 aromatic heterocycles. The van der Waals surface area contributed by atoms with Gasteiger partial charge in [-0.1, -0.05) is 42.5 Å². The zero-order valence-electron chi connectivity index (χ0n) is 16.7. The van der Waals surface area contributed by atoms with Crippen molar-refractivity contribution in [3.05, 3.63) is 83.8 Å². The molecule has 3 aromatic rings. The first-order valence-corrected chi connectivity index (χ1v) is 10.5. The quantitative estimate of drug-likeness (QED) is 0.369. The minimum absolute atomic E-state index is 0.171. The van der Waals surface area contributed by atoms with Gasteiger partial charge in [0.05, 0.1) is 18.1 Å². The number of hydrogen-bond donors (Lipinski definition) is 0. The van der Waals surface area contributed by atoms with Crippen LogP contribution in [0, 0.1) is 29.5 Å². The van der Waals surface area contributed by atoms with Gasteiger partial charge in [-0.2, -0.15) is 10.1 Å². The van der Waals surface area contributed by atoms with Gasteiger partial charge in [-0.15, -0.1) is 0 Å². The third-order valence-corrected chi connectivity index (χ3v) is 6.84. The average Bonchev–Trinajstić information content (AvgIpc) is 3.53. The summed E-state index contributed by atoms with van der Waals surface area (Å²) in [7, 11) is 0. The molecule has 5 nitrogen and oxygen atoms in total. The van der Waals surface area contributed by atoms with E-state index in [1.54, 1.807) is 18.3 Å². The third-order valence-electron chi connectivity index (χ3n) is 6.84. The molecule has 0 radical (unpaired) electrons. The van der Waals surface area contributed by atoms with Crippen molar-refractivity contribution in [3.8, 4) is 0 Å². The van der Waals surface area contributed by atoms with E-state index in [0.717, 1.165) is 33.5 Å². The van der Waals surface area contributed by atoms with E-state index < -0.39 is 0 Å². The second-order valence-corrected chi connectivity index (χ2v) is 8.59. The maximum absolute atomic E-state index is 13.2. The molecule has 1 saturated heterocycles. The van der Waals surface area contributed by atoms with Crippen molar-refractivity contribution >= 4 is 28.9 Å². The minimum Gasteiger partial charge on any atom is -0.342 e. The Balaban J connectivity index is 1.31. The maximum atomic E-state index is 13.2. The predicted molar refractivity (Wildman–Crippen MR) is 115 cm³/mol. The van der Waals surface area contributed by atoms with E-state index in [2.05, 4.69) is 21.8 Å². The van der Waals surface area contributed by atoms with E-state index in [9.17, 15) is 14.0 Å². The van der Waals surface area contributed by atoms with E-state index >= 15 is 0 Å². The second-order valence-electron chi connectivity index (χ2n) is 8.59. The number of benzene rings is 2. The number of hydrogen-bond acceptors (Lipinski definition) is 3. The summed E-state index contributed by atoms with van der Waals surface area (Å²) >= 11 is 0. The number of rotatable bonds is 4. The number of nitrogens with zero attached hydrogens (tertiary/aromatic N) is 3. The standard InChI is InChI=1S/C25H20FN3O2/c26-19-9-5-15(6-10-19)13-28-14-18(20-3-1-2-4-21(20)28)12-27-29-24(30)22-16-7-8-17(11-16)23(22)25(29)31/h1-10,12,14,16-17,22-23H,11,13H2/b27-12-/t16-,17+,22-,23-/m0/s1. The van der Waals surface area contributed by atoms with E-state index in [1.807, 2.05) is 30.5 Å². The average molecular weight is 413 g/mol. The molecule has 1 saturated carbocycles. The fourth-order valence-electron chi connectivity index (χ4n) is 5.42. The predicted octanol–water partition coefficient (Wildman–Crippen LogP) is 3.97. The van der Waals surface area contributed by atoms with Gasteiger partial charge in [0.1, 0.15) is 5.82 Å². The van der Waals surface area contributed by atoms with Gasteiger partial charge in [0.2, 0.25) is 0 Å². The van der Waals surface area contributed by atoms with Crippen LogP contribution in [0.2, 0.25) is 0 Å². The summed E-state index contributed by atoms with van der Waals surface area (Å²) in [5.74, 6) is -0.786. The largest absolute Gasteiger partial charge is 0.342 e. The monoisotopic (exact) mass is 413 g/mol. The number of fused-ring (bicyclic) bond motifs is 6. The zero-order chi connectivity index (χ0) is 21.1. The Morgan fingerprint density at radius 1 is 0.968 bits per heavy atom. The van der Waals surface area contributed by atoms with Crippen LogP contribution in [0.15, 0.2) is 72.0 Å². The lowest BCUT2D eigenvalue weighted by molar-refractivity contribution is -0.140. The van der Waals surface area contributed by atoms with Crippen LogP contribution in [0.25, 0.3) is 10.9 Å². The highest BCUT2D eigenvalue weighted by atomic mass is 19.1. The molecule has 0 unspecified atom stereocenters. The topological polar surface area (TPSA) is 54.7 Å². The van der Waals surface area contributed by atoms with E-state index in [4.69, 9.17) is 0 Å². The molecule has 0 N–H and O–H groups in total. The molecule has 0 spiro atoms. The van der Waals surface area contributed by atoms with Crippen molar-refractivity contribution in [3.63, 3.8) is 0 Å². The maximum Gasteiger partial charge on any atom is 0.254 e. The molecule has 2 heterocycles. The molecule has 154 valence electrons. The van der Waals surface area contributed by atoms with Crippen LogP contribution in [0.3, 0.4) is 0 Å². The molecule has 6 heteroatoms. The lowest BCUT2D eigenvalue weighted by atomic mass is 9.85. The minimum atomic E-state index is -0.262. The second kappa shape index (κ2) is 6.74. The number of imide groups is 1. The first kappa shape index (κ1) is 18.2. The molecule has 2 aliphatic carbocycles. The molecular weight excluding hydrogens is 393 g/mol. The Bertz CT molecular complexity index is 1240. The van der Waals surface area contributed by atoms with Gasteiger partial charge in [0.25, 0.3) is 11.8 Å². The van der Waals surface area contributed by atoms with Gasteiger partial charge in [-0.05, 0) is 42.0 Å². The highest BCUT2D eigenvalue weighted by molar-refractivity contribution is 6.07. The van der Waals surface area contributed by atoms with E-state index in [0.29, 0.717) is 6.54 Å². The van der Waals surface area contributed by atoms with Gasteiger partial charge < -0.3 is 4.57 Å². The van der Waals surface area contributed by atoms with E-state index in [1.165, 1.54) is 12.1 Å². The molecule has 6 rings (SSSR count). The van der Waals surface area contributed by atoms with Crippen molar-refractivity contribution < 1.29 is 14.0 Å². The summed E-state index contributed by atoms with van der Waals surface area (Å²) in [4.78, 5) is 25.7. The van der Waals surface area contributed by atoms with Crippen LogP contribution in [-0.4, -0.2) is 27.6 Å². The van der Waals surface area contributed by atoms with Crippen molar-refractivity contribution in [1.82, 2.24) is 9.58 Å². The third kappa shape index (κ3) is 2.78. The molecular formula is C25H20FN3O2. The van der Waals surface area contributed by atoms with Gasteiger partial charge >= 0.3 is 0 Å². The number of carbonyl (C=O) groups is 2. The Kier molecular flexibility index (Phi) is 3.96. The molecule has 4 atom stereocenters. The lowest BCUT2D eigenvalue weighted by Crippen LogP contribution is -2.28. The number of hydrazone groups is 1. The van der Waals surface area contributed by atoms with Crippen molar-refractivity contribution in [2.24, 2.45) is 28.8 Å². The van der Waals surface area contributed by atoms with E-state index in [-0.39, 0.29) is 41.3 Å². The van der Waals surface area contributed by atoms with Crippen LogP contribution in [0.5, 0.6) is 0 Å². The van der Waals surface area contributed by atoms with Crippen LogP contribution >= 0.6 is 0 Å². The Hall–Kier alpha value is -3.54. The number of amides is 2. The lowest BCUT2D eigenvalue weighted by Gasteiger charge is -2.13. The number of carbonyl (C=O) groups excluding carboxylic acids is 2. The Morgan fingerprint density at radius 2 is 1.65 bits per heavy atom. The summed E-state index contributed by atoms with van der Waals surface area (Å²) in [6.07, 6.45) is 8.62. The van der Waals surface area contributed by atoms with Crippen LogP contribution < -0.4 is 0 Å². The Morgan fingerprint density at radius 3 is 2.35 bits per heavy atom. The van der Waals surface area contributed by atoms with Crippen LogP contribution in [0.1, 0.15) is 17.5 Å². The number of para-hydroxylation sites is 1. The summed E-state index contributed by atoms with van der Waals surface area (Å²) < 4.78 is 15.3. The molecule has 3 aliphatic rings. The normalized spacial score (nSPS) is 26.7. The number of halogens is 1. The summed E-state index contributed by atoms with van der Waals surface area (Å²) in [6, 6.07) is 14.3. The van der Waals surface area contributed by atoms with Crippen LogP contribution in [0.4, 0.5) is 4.39 Å². The van der Waals surface area contributed by atoms with Crippen molar-refractivity contribution in [2.75, 3.05) is 0 Å². The molecule has 2 aromatic carbocycles. The Labute approximate surface area is 178 Å². The molecule has 31 heavy (non-hydrogen) atoms. The highest BCUT2D eigenvalue weighted by Gasteiger charge is 2.59. The fourth-order valence-corrected chi connectivity index (χ4v) is 5.42. The van der Waals surface area contributed by atoms with Gasteiger partial charge in [0.15, 0.2) is 0 Å². The molecule has 2 fully saturated rings. The zero-order valence-corrected chi connectivity index (χ0v) is 16.7. The summed E-state index contributed by atoms with van der Waals surface area (Å²) in [5.41, 5.74) is 2.81. The fraction of sp³-hybridized carbons (Fsp3) is 0.240. The smallest absolute Gasteiger partial charge is 0.254 e.